The molecule has 0 saturated carbocycles. The number of aromatic hydroxyl groups is 1. The Morgan fingerprint density at radius 2 is 2.00 bits per heavy atom. The SMILES string of the molecule is COC(=O)c1c(O)cccc1OCCc1cccc(Br)c1. The van der Waals surface area contributed by atoms with Gasteiger partial charge in [-0.25, -0.2) is 4.79 Å². The van der Waals surface area contributed by atoms with Crippen molar-refractivity contribution in [2.75, 3.05) is 13.7 Å². The summed E-state index contributed by atoms with van der Waals surface area (Å²) in [5.74, 6) is -0.454. The summed E-state index contributed by atoms with van der Waals surface area (Å²) in [5, 5.41) is 9.76. The molecule has 0 saturated heterocycles. The number of hydrogen-bond acceptors (Lipinski definition) is 4. The first kappa shape index (κ1) is 15.4. The van der Waals surface area contributed by atoms with Crippen LogP contribution < -0.4 is 4.74 Å². The molecule has 2 aromatic rings. The van der Waals surface area contributed by atoms with Gasteiger partial charge in [-0.1, -0.05) is 34.1 Å². The molecule has 0 aliphatic carbocycles. The van der Waals surface area contributed by atoms with Crippen LogP contribution in [-0.4, -0.2) is 24.8 Å². The molecule has 0 bridgehead atoms. The van der Waals surface area contributed by atoms with Gasteiger partial charge in [0, 0.05) is 10.9 Å². The van der Waals surface area contributed by atoms with Gasteiger partial charge in [0.2, 0.25) is 0 Å². The Morgan fingerprint density at radius 1 is 1.24 bits per heavy atom. The lowest BCUT2D eigenvalue weighted by molar-refractivity contribution is 0.0592. The van der Waals surface area contributed by atoms with Crippen molar-refractivity contribution in [3.05, 3.63) is 58.1 Å². The van der Waals surface area contributed by atoms with Crippen LogP contribution in [-0.2, 0) is 11.2 Å². The highest BCUT2D eigenvalue weighted by Crippen LogP contribution is 2.28. The highest BCUT2D eigenvalue weighted by atomic mass is 79.9. The van der Waals surface area contributed by atoms with Crippen molar-refractivity contribution in [1.29, 1.82) is 0 Å². The monoisotopic (exact) mass is 350 g/mol. The third-order valence-corrected chi connectivity index (χ3v) is 3.42. The smallest absolute Gasteiger partial charge is 0.345 e. The van der Waals surface area contributed by atoms with Gasteiger partial charge in [-0.2, -0.15) is 0 Å². The molecule has 21 heavy (non-hydrogen) atoms. The number of phenols is 1. The number of benzene rings is 2. The third-order valence-electron chi connectivity index (χ3n) is 2.93. The molecule has 0 amide bonds. The molecule has 0 aliphatic rings. The van der Waals surface area contributed by atoms with E-state index in [-0.39, 0.29) is 11.3 Å². The van der Waals surface area contributed by atoms with Crippen LogP contribution in [0.3, 0.4) is 0 Å². The third kappa shape index (κ3) is 3.98. The minimum absolute atomic E-state index is 0.0502. The second-order valence-electron chi connectivity index (χ2n) is 4.37. The summed E-state index contributed by atoms with van der Waals surface area (Å²) in [6.45, 7) is 0.393. The number of hydrogen-bond donors (Lipinski definition) is 1. The lowest BCUT2D eigenvalue weighted by Crippen LogP contribution is -2.08. The number of methoxy groups -OCH3 is 1. The Balaban J connectivity index is 2.07. The number of carbonyl (C=O) groups excluding carboxylic acids is 1. The Morgan fingerprint density at radius 3 is 2.71 bits per heavy atom. The molecule has 0 aliphatic heterocycles. The molecule has 2 rings (SSSR count). The van der Waals surface area contributed by atoms with Gasteiger partial charge in [0.15, 0.2) is 0 Å². The summed E-state index contributed by atoms with van der Waals surface area (Å²) >= 11 is 3.41. The van der Waals surface area contributed by atoms with Gasteiger partial charge in [-0.15, -0.1) is 0 Å². The Hall–Kier alpha value is -2.01. The fraction of sp³-hybridized carbons (Fsp3) is 0.188. The summed E-state index contributed by atoms with van der Waals surface area (Å²) < 4.78 is 11.3. The van der Waals surface area contributed by atoms with Crippen LogP contribution in [0, 0.1) is 0 Å². The van der Waals surface area contributed by atoms with Gasteiger partial charge in [-0.05, 0) is 29.8 Å². The minimum Gasteiger partial charge on any atom is -0.507 e. The van der Waals surface area contributed by atoms with E-state index in [9.17, 15) is 9.90 Å². The van der Waals surface area contributed by atoms with Crippen LogP contribution in [0.5, 0.6) is 11.5 Å². The number of esters is 1. The maximum atomic E-state index is 11.7. The van der Waals surface area contributed by atoms with E-state index < -0.39 is 5.97 Å². The fourth-order valence-corrected chi connectivity index (χ4v) is 2.37. The van der Waals surface area contributed by atoms with Gasteiger partial charge in [0.25, 0.3) is 0 Å². The fourth-order valence-electron chi connectivity index (χ4n) is 1.92. The number of ether oxygens (including phenoxy) is 2. The van der Waals surface area contributed by atoms with E-state index in [1.807, 2.05) is 24.3 Å². The first-order valence-corrected chi connectivity index (χ1v) is 7.18. The van der Waals surface area contributed by atoms with E-state index in [1.54, 1.807) is 12.1 Å². The first-order chi connectivity index (χ1) is 10.1. The Kier molecular flexibility index (Phi) is 5.22. The number of phenolic OH excluding ortho intramolecular Hbond substituents is 1. The molecule has 0 fully saturated rings. The predicted octanol–water partition coefficient (Wildman–Crippen LogP) is 3.56. The van der Waals surface area contributed by atoms with Crippen molar-refractivity contribution in [3.63, 3.8) is 0 Å². The van der Waals surface area contributed by atoms with Crippen LogP contribution in [0.4, 0.5) is 0 Å². The zero-order valence-electron chi connectivity index (χ0n) is 11.5. The molecular weight excluding hydrogens is 336 g/mol. The quantitative estimate of drug-likeness (QED) is 0.837. The van der Waals surface area contributed by atoms with E-state index in [0.29, 0.717) is 18.8 Å². The summed E-state index contributed by atoms with van der Waals surface area (Å²) in [5.41, 5.74) is 1.17. The summed E-state index contributed by atoms with van der Waals surface area (Å²) in [7, 11) is 1.26. The van der Waals surface area contributed by atoms with Crippen molar-refractivity contribution in [2.45, 2.75) is 6.42 Å². The zero-order valence-corrected chi connectivity index (χ0v) is 13.1. The average Bonchev–Trinajstić information content (AvgIpc) is 2.47. The van der Waals surface area contributed by atoms with Gasteiger partial charge >= 0.3 is 5.97 Å². The van der Waals surface area contributed by atoms with Crippen molar-refractivity contribution in [3.8, 4) is 11.5 Å². The Bertz CT molecular complexity index is 640. The largest absolute Gasteiger partial charge is 0.507 e. The molecule has 0 spiro atoms. The van der Waals surface area contributed by atoms with E-state index in [0.717, 1.165) is 10.0 Å². The second kappa shape index (κ2) is 7.13. The van der Waals surface area contributed by atoms with Crippen molar-refractivity contribution >= 4 is 21.9 Å². The van der Waals surface area contributed by atoms with Gasteiger partial charge in [0.1, 0.15) is 17.1 Å². The number of halogens is 1. The molecule has 110 valence electrons. The van der Waals surface area contributed by atoms with E-state index >= 15 is 0 Å². The maximum Gasteiger partial charge on any atom is 0.345 e. The number of rotatable bonds is 5. The molecular formula is C16H15BrO4. The van der Waals surface area contributed by atoms with Crippen LogP contribution in [0.1, 0.15) is 15.9 Å². The molecule has 5 heteroatoms. The lowest BCUT2D eigenvalue weighted by atomic mass is 10.1. The van der Waals surface area contributed by atoms with E-state index in [2.05, 4.69) is 20.7 Å². The lowest BCUT2D eigenvalue weighted by Gasteiger charge is -2.11. The van der Waals surface area contributed by atoms with Crippen LogP contribution in [0.2, 0.25) is 0 Å². The summed E-state index contributed by atoms with van der Waals surface area (Å²) in [6, 6.07) is 12.6. The first-order valence-electron chi connectivity index (χ1n) is 6.39. The maximum absolute atomic E-state index is 11.7. The standard InChI is InChI=1S/C16H15BrO4/c1-20-16(19)15-13(18)6-3-7-14(15)21-9-8-11-4-2-5-12(17)10-11/h2-7,10,18H,8-9H2,1H3. The summed E-state index contributed by atoms with van der Waals surface area (Å²) in [6.07, 6.45) is 0.690. The van der Waals surface area contributed by atoms with Crippen molar-refractivity contribution < 1.29 is 19.4 Å². The topological polar surface area (TPSA) is 55.8 Å². The van der Waals surface area contributed by atoms with Crippen LogP contribution in [0.25, 0.3) is 0 Å². The molecule has 2 aromatic carbocycles. The molecule has 0 heterocycles. The van der Waals surface area contributed by atoms with Crippen LogP contribution in [0.15, 0.2) is 46.9 Å². The Labute approximate surface area is 131 Å². The molecule has 4 nitrogen and oxygen atoms in total. The molecule has 1 N–H and O–H groups in total. The number of carbonyl (C=O) groups is 1. The minimum atomic E-state index is -0.620. The van der Waals surface area contributed by atoms with E-state index in [1.165, 1.54) is 13.2 Å². The molecule has 0 unspecified atom stereocenters. The van der Waals surface area contributed by atoms with Crippen molar-refractivity contribution in [1.82, 2.24) is 0 Å². The highest BCUT2D eigenvalue weighted by Gasteiger charge is 2.17. The van der Waals surface area contributed by atoms with E-state index in [4.69, 9.17) is 4.74 Å². The summed E-state index contributed by atoms with van der Waals surface area (Å²) in [4.78, 5) is 11.7. The van der Waals surface area contributed by atoms with Gasteiger partial charge < -0.3 is 14.6 Å². The molecule has 0 radical (unpaired) electrons. The normalized spacial score (nSPS) is 10.2. The second-order valence-corrected chi connectivity index (χ2v) is 5.29. The molecule has 0 atom stereocenters. The average molecular weight is 351 g/mol. The predicted molar refractivity (Wildman–Crippen MR) is 82.8 cm³/mol. The van der Waals surface area contributed by atoms with Gasteiger partial charge in [0.05, 0.1) is 13.7 Å². The highest BCUT2D eigenvalue weighted by molar-refractivity contribution is 9.10. The molecule has 0 aromatic heterocycles. The van der Waals surface area contributed by atoms with Crippen LogP contribution >= 0.6 is 15.9 Å². The van der Waals surface area contributed by atoms with Crippen molar-refractivity contribution in [2.24, 2.45) is 0 Å². The zero-order chi connectivity index (χ0) is 15.2. The van der Waals surface area contributed by atoms with Gasteiger partial charge in [-0.3, -0.25) is 0 Å².